The average molecular weight is 427 g/mol. The number of hydrogen-bond donors (Lipinski definition) is 1. The lowest BCUT2D eigenvalue weighted by Gasteiger charge is -2.39. The Kier molecular flexibility index (Phi) is 5.85. The van der Waals surface area contributed by atoms with Crippen LogP contribution in [0.5, 0.6) is 0 Å². The number of carbonyl (C=O) groups is 2. The summed E-state index contributed by atoms with van der Waals surface area (Å²) in [7, 11) is 0. The molecule has 1 saturated heterocycles. The summed E-state index contributed by atoms with van der Waals surface area (Å²) >= 11 is 0. The van der Waals surface area contributed by atoms with Crippen molar-refractivity contribution in [3.63, 3.8) is 0 Å². The fourth-order valence-electron chi connectivity index (χ4n) is 5.77. The van der Waals surface area contributed by atoms with E-state index in [1.54, 1.807) is 0 Å². The number of nitrogens with one attached hydrogen (secondary N) is 1. The third-order valence-corrected chi connectivity index (χ3v) is 7.91. The highest BCUT2D eigenvalue weighted by Gasteiger charge is 2.37. The molecule has 7 nitrogen and oxygen atoms in total. The molecule has 31 heavy (non-hydrogen) atoms. The molecule has 0 spiro atoms. The molecule has 1 atom stereocenters. The quantitative estimate of drug-likeness (QED) is 0.805. The summed E-state index contributed by atoms with van der Waals surface area (Å²) in [4.78, 5) is 50.6. The van der Waals surface area contributed by atoms with Gasteiger partial charge in [0, 0.05) is 31.3 Å². The van der Waals surface area contributed by atoms with Crippen LogP contribution in [-0.4, -0.2) is 44.7 Å². The third-order valence-electron chi connectivity index (χ3n) is 7.91. The SMILES string of the molecule is O=C(C1CCCCC1)N1CCc2nc(C3CCCCN3C(=O)C3CCC3)[nH]c(=O)c2C1. The second kappa shape index (κ2) is 8.75. The van der Waals surface area contributed by atoms with Crippen LogP contribution in [0, 0.1) is 11.8 Å². The number of amides is 2. The molecule has 7 heteroatoms. The average Bonchev–Trinajstić information content (AvgIpc) is 2.77. The van der Waals surface area contributed by atoms with Crippen LogP contribution in [0.2, 0.25) is 0 Å². The molecule has 168 valence electrons. The number of aromatic nitrogens is 2. The van der Waals surface area contributed by atoms with Crippen LogP contribution in [0.4, 0.5) is 0 Å². The van der Waals surface area contributed by atoms with E-state index in [-0.39, 0.29) is 35.3 Å². The minimum atomic E-state index is -0.136. The van der Waals surface area contributed by atoms with Gasteiger partial charge >= 0.3 is 0 Å². The number of rotatable bonds is 3. The third kappa shape index (κ3) is 4.03. The van der Waals surface area contributed by atoms with E-state index in [9.17, 15) is 14.4 Å². The van der Waals surface area contributed by atoms with Gasteiger partial charge in [0.15, 0.2) is 0 Å². The largest absolute Gasteiger partial charge is 0.337 e. The number of nitrogens with zero attached hydrogens (tertiary/aromatic N) is 3. The summed E-state index contributed by atoms with van der Waals surface area (Å²) in [5.74, 6) is 1.36. The summed E-state index contributed by atoms with van der Waals surface area (Å²) in [6.45, 7) is 1.75. The maximum Gasteiger partial charge on any atom is 0.256 e. The first-order valence-corrected chi connectivity index (χ1v) is 12.3. The number of likely N-dealkylation sites (tertiary alicyclic amines) is 1. The first-order valence-electron chi connectivity index (χ1n) is 12.3. The number of hydrogen-bond acceptors (Lipinski definition) is 4. The van der Waals surface area contributed by atoms with Crippen LogP contribution in [-0.2, 0) is 22.6 Å². The number of aromatic amines is 1. The molecule has 1 unspecified atom stereocenters. The minimum Gasteiger partial charge on any atom is -0.337 e. The summed E-state index contributed by atoms with van der Waals surface area (Å²) in [6, 6.07) is -0.123. The smallest absolute Gasteiger partial charge is 0.256 e. The standard InChI is InChI=1S/C24H34N4O3/c29-22-18-15-27(23(30)16-7-2-1-3-8-16)14-12-19(18)25-21(26-22)20-11-4-5-13-28(20)24(31)17-9-6-10-17/h16-17,20H,1-15H2,(H,25,26,29). The van der Waals surface area contributed by atoms with Crippen molar-refractivity contribution in [2.45, 2.75) is 89.6 Å². The Balaban J connectivity index is 1.35. The van der Waals surface area contributed by atoms with Crippen LogP contribution in [0.1, 0.15) is 93.8 Å². The van der Waals surface area contributed by atoms with E-state index in [1.165, 1.54) is 6.42 Å². The fourth-order valence-corrected chi connectivity index (χ4v) is 5.77. The van der Waals surface area contributed by atoms with Gasteiger partial charge in [0.2, 0.25) is 11.8 Å². The highest BCUT2D eigenvalue weighted by atomic mass is 16.2. The Morgan fingerprint density at radius 3 is 2.29 bits per heavy atom. The summed E-state index contributed by atoms with van der Waals surface area (Å²) in [6.07, 6.45) is 12.1. The van der Waals surface area contributed by atoms with Crippen LogP contribution in [0.3, 0.4) is 0 Å². The first kappa shape index (κ1) is 20.7. The van der Waals surface area contributed by atoms with E-state index in [0.717, 1.165) is 76.4 Å². The van der Waals surface area contributed by atoms with Crippen molar-refractivity contribution < 1.29 is 9.59 Å². The predicted molar refractivity (Wildman–Crippen MR) is 116 cm³/mol. The predicted octanol–water partition coefficient (Wildman–Crippen LogP) is 3.09. The Morgan fingerprint density at radius 2 is 1.55 bits per heavy atom. The Labute approximate surface area is 183 Å². The molecule has 2 aliphatic carbocycles. The molecule has 1 N–H and O–H groups in total. The van der Waals surface area contributed by atoms with Crippen molar-refractivity contribution >= 4 is 11.8 Å². The highest BCUT2D eigenvalue weighted by Crippen LogP contribution is 2.35. The van der Waals surface area contributed by atoms with Gasteiger partial charge in [-0.15, -0.1) is 0 Å². The van der Waals surface area contributed by atoms with Crippen molar-refractivity contribution in [3.8, 4) is 0 Å². The number of H-pyrrole nitrogens is 1. The summed E-state index contributed by atoms with van der Waals surface area (Å²) in [5, 5.41) is 0. The first-order chi connectivity index (χ1) is 15.1. The van der Waals surface area contributed by atoms with Gasteiger partial charge in [-0.05, 0) is 44.9 Å². The Morgan fingerprint density at radius 1 is 0.839 bits per heavy atom. The molecular formula is C24H34N4O3. The zero-order valence-corrected chi connectivity index (χ0v) is 18.4. The minimum absolute atomic E-state index is 0.120. The molecule has 3 heterocycles. The Bertz CT molecular complexity index is 901. The van der Waals surface area contributed by atoms with Gasteiger partial charge in [-0.1, -0.05) is 25.7 Å². The molecule has 0 aromatic carbocycles. The van der Waals surface area contributed by atoms with Gasteiger partial charge in [0.1, 0.15) is 5.82 Å². The van der Waals surface area contributed by atoms with Gasteiger partial charge in [-0.2, -0.15) is 0 Å². The lowest BCUT2D eigenvalue weighted by molar-refractivity contribution is -0.142. The van der Waals surface area contributed by atoms with Crippen LogP contribution in [0.15, 0.2) is 4.79 Å². The van der Waals surface area contributed by atoms with Crippen molar-refractivity contribution in [3.05, 3.63) is 27.4 Å². The lowest BCUT2D eigenvalue weighted by Crippen LogP contribution is -2.46. The van der Waals surface area contributed by atoms with Gasteiger partial charge in [0.05, 0.1) is 23.8 Å². The molecule has 2 aliphatic heterocycles. The number of piperidine rings is 1. The molecule has 2 saturated carbocycles. The normalized spacial score (nSPS) is 25.1. The summed E-state index contributed by atoms with van der Waals surface area (Å²) in [5.41, 5.74) is 1.31. The Hall–Kier alpha value is -2.18. The zero-order valence-electron chi connectivity index (χ0n) is 18.4. The van der Waals surface area contributed by atoms with E-state index >= 15 is 0 Å². The zero-order chi connectivity index (χ0) is 21.4. The maximum atomic E-state index is 13.0. The number of fused-ring (bicyclic) bond motifs is 1. The second-order valence-electron chi connectivity index (χ2n) is 9.89. The molecule has 1 aromatic rings. The van der Waals surface area contributed by atoms with Crippen molar-refractivity contribution in [1.82, 2.24) is 19.8 Å². The van der Waals surface area contributed by atoms with E-state index < -0.39 is 0 Å². The van der Waals surface area contributed by atoms with E-state index in [1.807, 2.05) is 9.80 Å². The van der Waals surface area contributed by atoms with Gasteiger partial charge in [-0.3, -0.25) is 14.4 Å². The summed E-state index contributed by atoms with van der Waals surface area (Å²) < 4.78 is 0. The topological polar surface area (TPSA) is 86.4 Å². The molecule has 0 radical (unpaired) electrons. The van der Waals surface area contributed by atoms with E-state index in [2.05, 4.69) is 4.98 Å². The van der Waals surface area contributed by atoms with Crippen LogP contribution >= 0.6 is 0 Å². The van der Waals surface area contributed by atoms with E-state index in [0.29, 0.717) is 30.9 Å². The second-order valence-corrected chi connectivity index (χ2v) is 9.89. The molecule has 0 bridgehead atoms. The van der Waals surface area contributed by atoms with Gasteiger partial charge < -0.3 is 14.8 Å². The fraction of sp³-hybridized carbons (Fsp3) is 0.750. The maximum absolute atomic E-state index is 13.0. The van der Waals surface area contributed by atoms with Crippen LogP contribution in [0.25, 0.3) is 0 Å². The molecular weight excluding hydrogens is 392 g/mol. The van der Waals surface area contributed by atoms with Gasteiger partial charge in [0.25, 0.3) is 5.56 Å². The molecule has 2 amide bonds. The molecule has 1 aromatic heterocycles. The highest BCUT2D eigenvalue weighted by molar-refractivity contribution is 5.80. The molecule has 4 aliphatic rings. The van der Waals surface area contributed by atoms with Crippen molar-refractivity contribution in [2.24, 2.45) is 11.8 Å². The molecule has 3 fully saturated rings. The number of carbonyl (C=O) groups excluding carboxylic acids is 2. The van der Waals surface area contributed by atoms with Gasteiger partial charge in [-0.25, -0.2) is 4.98 Å². The lowest BCUT2D eigenvalue weighted by atomic mass is 9.83. The molecule has 5 rings (SSSR count). The monoisotopic (exact) mass is 426 g/mol. The van der Waals surface area contributed by atoms with Crippen molar-refractivity contribution in [2.75, 3.05) is 13.1 Å². The van der Waals surface area contributed by atoms with E-state index in [4.69, 9.17) is 4.98 Å². The van der Waals surface area contributed by atoms with Crippen LogP contribution < -0.4 is 5.56 Å². The van der Waals surface area contributed by atoms with Crippen molar-refractivity contribution in [1.29, 1.82) is 0 Å².